The van der Waals surface area contributed by atoms with E-state index in [-0.39, 0.29) is 5.91 Å². The maximum atomic E-state index is 13.8. The predicted molar refractivity (Wildman–Crippen MR) is 180 cm³/mol. The smallest absolute Gasteiger partial charge is 0.243 e. The van der Waals surface area contributed by atoms with Crippen LogP contribution in [0.1, 0.15) is 27.5 Å². The second-order valence-corrected chi connectivity index (χ2v) is 12.2. The van der Waals surface area contributed by atoms with E-state index < -0.39 is 5.25 Å². The fourth-order valence-electron chi connectivity index (χ4n) is 4.30. The molecule has 0 fully saturated rings. The maximum absolute atomic E-state index is 13.8. The highest BCUT2D eigenvalue weighted by Crippen LogP contribution is 2.40. The van der Waals surface area contributed by atoms with E-state index in [9.17, 15) is 10.1 Å². The highest BCUT2D eigenvalue weighted by molar-refractivity contribution is 8.00. The Kier molecular flexibility index (Phi) is 9.35. The van der Waals surface area contributed by atoms with Crippen molar-refractivity contribution in [2.75, 3.05) is 16.0 Å². The molecule has 1 unspecified atom stereocenters. The van der Waals surface area contributed by atoms with Crippen LogP contribution in [0.25, 0.3) is 11.1 Å². The number of amides is 1. The van der Waals surface area contributed by atoms with Crippen molar-refractivity contribution < 1.29 is 4.79 Å². The zero-order valence-corrected chi connectivity index (χ0v) is 25.5. The van der Waals surface area contributed by atoms with Gasteiger partial charge in [0.1, 0.15) is 16.3 Å². The normalized spacial score (nSPS) is 11.3. The molecule has 1 heterocycles. The van der Waals surface area contributed by atoms with Crippen molar-refractivity contribution in [3.63, 3.8) is 0 Å². The molecule has 0 radical (unpaired) electrons. The van der Waals surface area contributed by atoms with Gasteiger partial charge in [-0.3, -0.25) is 4.79 Å². The van der Waals surface area contributed by atoms with Gasteiger partial charge in [-0.05, 0) is 67.5 Å². The number of thiocarbonyl (C=S) groups is 1. The van der Waals surface area contributed by atoms with E-state index in [1.54, 1.807) is 0 Å². The molecule has 4 aromatic carbocycles. The zero-order chi connectivity index (χ0) is 29.5. The highest BCUT2D eigenvalue weighted by Gasteiger charge is 2.25. The standard InChI is InChI=1S/C34H28N4OS3/c1-22-11-15-24(16-12-22)30-21-41-33(29(30)20-35)38-32(39)31(25-7-4-3-5-8-25)42-28-10-6-9-27(19-28)37-34(40)36-26-17-13-23(2)14-18-26/h3-19,21,31H,1-2H3,(H,38,39)(H2,36,37,40). The molecule has 0 saturated carbocycles. The van der Waals surface area contributed by atoms with E-state index in [4.69, 9.17) is 12.2 Å². The van der Waals surface area contributed by atoms with Gasteiger partial charge in [-0.2, -0.15) is 5.26 Å². The number of anilines is 3. The molecule has 0 saturated heterocycles. The highest BCUT2D eigenvalue weighted by atomic mass is 32.2. The van der Waals surface area contributed by atoms with Crippen LogP contribution in [0.5, 0.6) is 0 Å². The molecule has 0 aliphatic rings. The van der Waals surface area contributed by atoms with Crippen molar-refractivity contribution in [3.8, 4) is 17.2 Å². The molecule has 1 amide bonds. The van der Waals surface area contributed by atoms with Crippen LogP contribution in [0.15, 0.2) is 113 Å². The lowest BCUT2D eigenvalue weighted by molar-refractivity contribution is -0.115. The molecule has 0 aliphatic carbocycles. The van der Waals surface area contributed by atoms with Crippen LogP contribution in [0.4, 0.5) is 16.4 Å². The van der Waals surface area contributed by atoms with Gasteiger partial charge in [-0.25, -0.2) is 0 Å². The van der Waals surface area contributed by atoms with E-state index in [0.29, 0.717) is 15.7 Å². The molecule has 5 rings (SSSR count). The van der Waals surface area contributed by atoms with Crippen LogP contribution in [0, 0.1) is 25.2 Å². The molecular weight excluding hydrogens is 577 g/mol. The Balaban J connectivity index is 1.34. The zero-order valence-electron chi connectivity index (χ0n) is 23.0. The molecule has 3 N–H and O–H groups in total. The van der Waals surface area contributed by atoms with Crippen LogP contribution < -0.4 is 16.0 Å². The van der Waals surface area contributed by atoms with Gasteiger partial charge in [-0.1, -0.05) is 83.9 Å². The number of thiophene rings is 1. The molecule has 0 bridgehead atoms. The summed E-state index contributed by atoms with van der Waals surface area (Å²) in [6.45, 7) is 4.07. The molecule has 5 aromatic rings. The minimum Gasteiger partial charge on any atom is -0.332 e. The number of hydrogen-bond donors (Lipinski definition) is 3. The summed E-state index contributed by atoms with van der Waals surface area (Å²) < 4.78 is 0. The summed E-state index contributed by atoms with van der Waals surface area (Å²) in [5, 5.41) is 21.9. The third-order valence-corrected chi connectivity index (χ3v) is 8.85. The molecular formula is C34H28N4OS3. The summed E-state index contributed by atoms with van der Waals surface area (Å²) in [4.78, 5) is 14.7. The van der Waals surface area contributed by atoms with E-state index in [1.807, 2.05) is 122 Å². The average molecular weight is 605 g/mol. The lowest BCUT2D eigenvalue weighted by Gasteiger charge is -2.18. The third kappa shape index (κ3) is 7.25. The molecule has 208 valence electrons. The number of nitrogens with one attached hydrogen (secondary N) is 3. The Morgan fingerprint density at radius 3 is 2.19 bits per heavy atom. The first-order chi connectivity index (χ1) is 20.4. The monoisotopic (exact) mass is 604 g/mol. The van der Waals surface area contributed by atoms with Gasteiger partial charge in [0.15, 0.2) is 5.11 Å². The van der Waals surface area contributed by atoms with Gasteiger partial charge in [0.25, 0.3) is 0 Å². The van der Waals surface area contributed by atoms with Crippen LogP contribution in [-0.4, -0.2) is 11.0 Å². The van der Waals surface area contributed by atoms with Crippen LogP contribution >= 0.6 is 35.3 Å². The number of carbonyl (C=O) groups excluding carboxylic acids is 1. The molecule has 8 heteroatoms. The van der Waals surface area contributed by atoms with E-state index >= 15 is 0 Å². The van der Waals surface area contributed by atoms with Gasteiger partial charge in [0, 0.05) is 27.2 Å². The van der Waals surface area contributed by atoms with E-state index in [1.165, 1.54) is 28.7 Å². The molecule has 42 heavy (non-hydrogen) atoms. The minimum atomic E-state index is -0.546. The van der Waals surface area contributed by atoms with E-state index in [2.05, 4.69) is 22.0 Å². The lowest BCUT2D eigenvalue weighted by atomic mass is 10.0. The Morgan fingerprint density at radius 1 is 0.833 bits per heavy atom. The van der Waals surface area contributed by atoms with Crippen LogP contribution in [-0.2, 0) is 4.79 Å². The number of rotatable bonds is 8. The average Bonchev–Trinajstić information content (AvgIpc) is 3.40. The SMILES string of the molecule is Cc1ccc(NC(=S)Nc2cccc(SC(C(=O)Nc3scc(-c4ccc(C)cc4)c3C#N)c3ccccc3)c2)cc1. The van der Waals surface area contributed by atoms with Gasteiger partial charge in [0.2, 0.25) is 5.91 Å². The van der Waals surface area contributed by atoms with Crippen molar-refractivity contribution in [2.45, 2.75) is 24.0 Å². The van der Waals surface area contributed by atoms with Crippen molar-refractivity contribution >= 4 is 62.7 Å². The van der Waals surface area contributed by atoms with Gasteiger partial charge < -0.3 is 16.0 Å². The van der Waals surface area contributed by atoms with Gasteiger partial charge in [-0.15, -0.1) is 23.1 Å². The van der Waals surface area contributed by atoms with Crippen molar-refractivity contribution in [1.29, 1.82) is 5.26 Å². The maximum Gasteiger partial charge on any atom is 0.243 e. The predicted octanol–water partition coefficient (Wildman–Crippen LogP) is 9.18. The van der Waals surface area contributed by atoms with Crippen molar-refractivity contribution in [1.82, 2.24) is 0 Å². The molecule has 1 atom stereocenters. The number of benzene rings is 4. The summed E-state index contributed by atoms with van der Waals surface area (Å²) in [5.74, 6) is -0.199. The van der Waals surface area contributed by atoms with E-state index in [0.717, 1.165) is 38.5 Å². The third-order valence-electron chi connectivity index (χ3n) is 6.50. The Morgan fingerprint density at radius 2 is 1.50 bits per heavy atom. The van der Waals surface area contributed by atoms with Crippen LogP contribution in [0.2, 0.25) is 0 Å². The quantitative estimate of drug-likeness (QED) is 0.121. The summed E-state index contributed by atoms with van der Waals surface area (Å²) in [5.41, 5.74) is 7.13. The van der Waals surface area contributed by atoms with Crippen LogP contribution in [0.3, 0.4) is 0 Å². The summed E-state index contributed by atoms with van der Waals surface area (Å²) in [6.07, 6.45) is 0. The Hall–Kier alpha value is -4.42. The fraction of sp³-hybridized carbons (Fsp3) is 0.0882. The Labute approximate surface area is 259 Å². The number of thioether (sulfide) groups is 1. The topological polar surface area (TPSA) is 76.9 Å². The summed E-state index contributed by atoms with van der Waals surface area (Å²) in [7, 11) is 0. The van der Waals surface area contributed by atoms with Gasteiger partial charge >= 0.3 is 0 Å². The van der Waals surface area contributed by atoms with Gasteiger partial charge in [0.05, 0.1) is 5.56 Å². The minimum absolute atomic E-state index is 0.199. The number of aryl methyl sites for hydroxylation is 2. The van der Waals surface area contributed by atoms with Crippen molar-refractivity contribution in [2.24, 2.45) is 0 Å². The first kappa shape index (κ1) is 29.1. The summed E-state index contributed by atoms with van der Waals surface area (Å²) >= 11 is 8.32. The molecule has 5 nitrogen and oxygen atoms in total. The lowest BCUT2D eigenvalue weighted by Crippen LogP contribution is -2.19. The second kappa shape index (κ2) is 13.5. The molecule has 0 spiro atoms. The molecule has 0 aliphatic heterocycles. The molecule has 1 aromatic heterocycles. The Bertz CT molecular complexity index is 1740. The first-order valence-corrected chi connectivity index (χ1v) is 15.4. The van der Waals surface area contributed by atoms with Crippen molar-refractivity contribution in [3.05, 3.63) is 131 Å². The largest absolute Gasteiger partial charge is 0.332 e. The number of hydrogen-bond acceptors (Lipinski definition) is 5. The number of carbonyl (C=O) groups is 1. The summed E-state index contributed by atoms with van der Waals surface area (Å²) in [6, 6.07) is 35.8. The number of nitrogens with zero attached hydrogens (tertiary/aromatic N) is 1. The number of nitriles is 1. The fourth-order valence-corrected chi connectivity index (χ4v) is 6.54. The second-order valence-electron chi connectivity index (χ2n) is 9.70. The first-order valence-electron chi connectivity index (χ1n) is 13.3.